The lowest BCUT2D eigenvalue weighted by atomic mass is 9.85. The van der Waals surface area contributed by atoms with Crippen LogP contribution < -0.4 is 15.0 Å². The van der Waals surface area contributed by atoms with Crippen LogP contribution in [0.5, 0.6) is 5.75 Å². The van der Waals surface area contributed by atoms with E-state index in [-0.39, 0.29) is 40.6 Å². The SMILES string of the molecule is COc1cc2cc(c1Cl)N(C)C(=O)C[C@H](OC(=O)[C@H](C)N(C)C(=O)CCC(C)(C)CSC)[C@]1(C)O[C@H]1[C@H](C)[C@@H]1CC(C/C=C/C=C(\C)C2)NC(=O)O1. The highest BCUT2D eigenvalue weighted by atomic mass is 35.5. The molecule has 3 aliphatic heterocycles. The van der Waals surface area contributed by atoms with Gasteiger partial charge in [-0.1, -0.05) is 56.2 Å². The fourth-order valence-electron chi connectivity index (χ4n) is 7.00. The quantitative estimate of drug-likeness (QED) is 0.215. The lowest BCUT2D eigenvalue weighted by Crippen LogP contribution is -2.49. The second-order valence-electron chi connectivity index (χ2n) is 15.4. The third-order valence-corrected chi connectivity index (χ3v) is 12.1. The summed E-state index contributed by atoms with van der Waals surface area (Å²) >= 11 is 8.51. The maximum absolute atomic E-state index is 14.1. The van der Waals surface area contributed by atoms with Gasteiger partial charge in [0, 0.05) is 38.9 Å². The Labute approximate surface area is 318 Å². The molecule has 0 spiro atoms. The van der Waals surface area contributed by atoms with Gasteiger partial charge in [0.2, 0.25) is 11.8 Å². The van der Waals surface area contributed by atoms with Gasteiger partial charge >= 0.3 is 12.1 Å². The standard InChI is InChI=1S/C39H56ClN3O8S/c1-23-13-11-12-14-27-20-29(49-37(47)41-27)24(2)35-39(6,51-35)31(21-33(45)43(8)28-18-26(17-23)19-30(48-9)34(28)40)50-36(46)25(3)42(7)32(44)15-16-38(4,5)22-52-10/h11-13,18-19,24-25,27,29,31,35H,14-17,20-22H2,1-10H3,(H,41,47)/b12-11+,23-13+/t24-,25+,27?,29+,31+,35+,39+/m1/s1. The number of methoxy groups -OCH3 is 1. The predicted octanol–water partition coefficient (Wildman–Crippen LogP) is 6.74. The minimum atomic E-state index is -1.07. The van der Waals surface area contributed by atoms with Gasteiger partial charge in [-0.25, -0.2) is 9.59 Å². The molecule has 4 rings (SSSR count). The summed E-state index contributed by atoms with van der Waals surface area (Å²) < 4.78 is 23.8. The van der Waals surface area contributed by atoms with Crippen LogP contribution in [0.2, 0.25) is 5.02 Å². The molecule has 52 heavy (non-hydrogen) atoms. The first-order chi connectivity index (χ1) is 24.4. The number of nitrogens with zero attached hydrogens (tertiary/aromatic N) is 2. The number of epoxide rings is 1. The van der Waals surface area contributed by atoms with Gasteiger partial charge in [0.25, 0.3) is 0 Å². The minimum absolute atomic E-state index is 0.0294. The summed E-state index contributed by atoms with van der Waals surface area (Å²) in [7, 11) is 4.74. The van der Waals surface area contributed by atoms with Crippen molar-refractivity contribution in [3.05, 3.63) is 46.5 Å². The van der Waals surface area contributed by atoms with Crippen molar-refractivity contribution in [1.29, 1.82) is 0 Å². The molecule has 0 saturated carbocycles. The summed E-state index contributed by atoms with van der Waals surface area (Å²) in [6.07, 6.45) is 8.09. The zero-order chi connectivity index (χ0) is 38.5. The molecule has 2 saturated heterocycles. The van der Waals surface area contributed by atoms with Gasteiger partial charge in [0.1, 0.15) is 34.6 Å². The van der Waals surface area contributed by atoms with E-state index in [1.807, 2.05) is 57.4 Å². The average Bonchev–Trinajstić information content (AvgIpc) is 3.79. The summed E-state index contributed by atoms with van der Waals surface area (Å²) in [6, 6.07) is 2.66. The second kappa shape index (κ2) is 17.3. The Hall–Kier alpha value is -3.22. The molecule has 1 aromatic rings. The molecule has 13 heteroatoms. The summed E-state index contributed by atoms with van der Waals surface area (Å²) in [5.41, 5.74) is 1.31. The number of benzene rings is 1. The number of thioether (sulfide) groups is 1. The second-order valence-corrected chi connectivity index (χ2v) is 16.7. The molecule has 288 valence electrons. The van der Waals surface area contributed by atoms with Crippen LogP contribution in [0.25, 0.3) is 0 Å². The maximum atomic E-state index is 14.1. The molecule has 1 N–H and O–H groups in total. The Balaban J connectivity index is 1.65. The van der Waals surface area contributed by atoms with Crippen molar-refractivity contribution in [2.45, 2.75) is 116 Å². The summed E-state index contributed by atoms with van der Waals surface area (Å²) in [6.45, 7) is 11.6. The molecule has 1 unspecified atom stereocenters. The molecular weight excluding hydrogens is 706 g/mol. The number of halogens is 1. The lowest BCUT2D eigenvalue weighted by Gasteiger charge is -2.33. The van der Waals surface area contributed by atoms with Crippen LogP contribution in [0.1, 0.15) is 79.2 Å². The Kier molecular flexibility index (Phi) is 13.8. The molecule has 3 amide bonds. The molecule has 2 fully saturated rings. The summed E-state index contributed by atoms with van der Waals surface area (Å²) in [4.78, 5) is 56.6. The summed E-state index contributed by atoms with van der Waals surface area (Å²) in [5, 5.41) is 3.19. The van der Waals surface area contributed by atoms with E-state index >= 15 is 0 Å². The molecule has 4 bridgehead atoms. The van der Waals surface area contributed by atoms with Gasteiger partial charge in [-0.2, -0.15) is 11.8 Å². The van der Waals surface area contributed by atoms with E-state index in [1.165, 1.54) is 16.9 Å². The number of allylic oxidation sites excluding steroid dienone is 3. The van der Waals surface area contributed by atoms with Gasteiger partial charge < -0.3 is 34.1 Å². The van der Waals surface area contributed by atoms with Crippen LogP contribution in [-0.4, -0.2) is 98.0 Å². The van der Waals surface area contributed by atoms with Gasteiger partial charge in [0.05, 0.1) is 25.3 Å². The maximum Gasteiger partial charge on any atom is 0.407 e. The number of carbonyl (C=O) groups excluding carboxylic acids is 4. The van der Waals surface area contributed by atoms with Gasteiger partial charge in [-0.15, -0.1) is 0 Å². The number of esters is 1. The molecule has 11 nitrogen and oxygen atoms in total. The molecule has 1 aromatic carbocycles. The van der Waals surface area contributed by atoms with Gasteiger partial charge in [-0.3, -0.25) is 9.59 Å². The number of nitrogens with one attached hydrogen (secondary N) is 1. The number of fused-ring (bicyclic) bond motifs is 5. The molecule has 0 aromatic heterocycles. The van der Waals surface area contributed by atoms with Crippen LogP contribution in [-0.2, 0) is 35.0 Å². The number of hydrogen-bond donors (Lipinski definition) is 1. The Bertz CT molecular complexity index is 1570. The molecule has 7 atom stereocenters. The van der Waals surface area contributed by atoms with Crippen molar-refractivity contribution in [2.75, 3.05) is 38.1 Å². The zero-order valence-corrected chi connectivity index (χ0v) is 33.8. The van der Waals surface area contributed by atoms with Crippen LogP contribution in [0.4, 0.5) is 10.5 Å². The van der Waals surface area contributed by atoms with Crippen molar-refractivity contribution in [3.8, 4) is 5.75 Å². The van der Waals surface area contributed by atoms with E-state index in [1.54, 1.807) is 32.8 Å². The van der Waals surface area contributed by atoms with E-state index in [0.717, 1.165) is 16.9 Å². The van der Waals surface area contributed by atoms with Crippen LogP contribution in [0, 0.1) is 11.3 Å². The van der Waals surface area contributed by atoms with Crippen LogP contribution in [0.15, 0.2) is 35.9 Å². The van der Waals surface area contributed by atoms with E-state index in [2.05, 4.69) is 19.2 Å². The van der Waals surface area contributed by atoms with E-state index in [0.29, 0.717) is 43.5 Å². The van der Waals surface area contributed by atoms with Crippen molar-refractivity contribution >= 4 is 52.9 Å². The number of carbonyl (C=O) groups is 4. The minimum Gasteiger partial charge on any atom is -0.495 e. The normalized spacial score (nSPS) is 29.0. The number of hydrogen-bond acceptors (Lipinski definition) is 9. The third kappa shape index (κ3) is 10.0. The average molecular weight is 762 g/mol. The van der Waals surface area contributed by atoms with Crippen molar-refractivity contribution in [3.63, 3.8) is 0 Å². The molecule has 0 aliphatic carbocycles. The first-order valence-corrected chi connectivity index (χ1v) is 19.7. The molecule has 3 aliphatic rings. The van der Waals surface area contributed by atoms with E-state index in [4.69, 9.17) is 30.5 Å². The number of amides is 3. The lowest BCUT2D eigenvalue weighted by molar-refractivity contribution is -0.162. The Morgan fingerprint density at radius 1 is 1.27 bits per heavy atom. The first-order valence-electron chi connectivity index (χ1n) is 18.0. The number of rotatable bonds is 9. The molecule has 3 heterocycles. The topological polar surface area (TPSA) is 127 Å². The summed E-state index contributed by atoms with van der Waals surface area (Å²) in [5.74, 6) is -0.110. The van der Waals surface area contributed by atoms with Gasteiger partial charge in [-0.05, 0) is 75.2 Å². The Morgan fingerprint density at radius 2 is 1.98 bits per heavy atom. The number of likely N-dealkylation sites (N-methyl/N-ethyl adjacent to an activating group) is 1. The largest absolute Gasteiger partial charge is 0.495 e. The monoisotopic (exact) mass is 761 g/mol. The number of anilines is 1. The van der Waals surface area contributed by atoms with Crippen LogP contribution >= 0.6 is 23.4 Å². The van der Waals surface area contributed by atoms with E-state index in [9.17, 15) is 19.2 Å². The van der Waals surface area contributed by atoms with Crippen LogP contribution in [0.3, 0.4) is 0 Å². The van der Waals surface area contributed by atoms with E-state index < -0.39 is 42.0 Å². The van der Waals surface area contributed by atoms with Gasteiger partial charge in [0.15, 0.2) is 0 Å². The highest BCUT2D eigenvalue weighted by Crippen LogP contribution is 2.49. The first kappa shape index (κ1) is 41.5. The fourth-order valence-corrected chi connectivity index (χ4v) is 8.24. The third-order valence-electron chi connectivity index (χ3n) is 10.6. The fraction of sp³-hybridized carbons (Fsp3) is 0.641. The predicted molar refractivity (Wildman–Crippen MR) is 205 cm³/mol. The number of ether oxygens (including phenoxy) is 4. The number of alkyl carbamates (subject to hydrolysis) is 1. The highest BCUT2D eigenvalue weighted by Gasteiger charge is 2.63. The smallest absolute Gasteiger partial charge is 0.407 e. The van der Waals surface area contributed by atoms with Crippen molar-refractivity contribution < 1.29 is 38.1 Å². The zero-order valence-electron chi connectivity index (χ0n) is 32.2. The van der Waals surface area contributed by atoms with Crippen molar-refractivity contribution in [2.24, 2.45) is 11.3 Å². The highest BCUT2D eigenvalue weighted by molar-refractivity contribution is 7.98. The molecule has 0 radical (unpaired) electrons. The van der Waals surface area contributed by atoms with Crippen molar-refractivity contribution in [1.82, 2.24) is 10.2 Å². The Morgan fingerprint density at radius 3 is 2.65 bits per heavy atom. The molecular formula is C39H56ClN3O8S.